The Morgan fingerprint density at radius 1 is 1.33 bits per heavy atom. The van der Waals surface area contributed by atoms with Crippen LogP contribution < -0.4 is 9.47 Å². The van der Waals surface area contributed by atoms with Crippen molar-refractivity contribution in [3.63, 3.8) is 0 Å². The molecule has 0 saturated heterocycles. The zero-order chi connectivity index (χ0) is 18.3. The van der Waals surface area contributed by atoms with Gasteiger partial charge in [0.25, 0.3) is 5.91 Å². The van der Waals surface area contributed by atoms with E-state index in [4.69, 9.17) is 31.1 Å². The molecule has 0 unspecified atom stereocenters. The van der Waals surface area contributed by atoms with E-state index in [9.17, 15) is 9.59 Å². The lowest BCUT2D eigenvalue weighted by Crippen LogP contribution is -2.37. The minimum Gasteiger partial charge on any atom is -0.493 e. The highest BCUT2D eigenvalue weighted by atomic mass is 35.5. The van der Waals surface area contributed by atoms with Gasteiger partial charge in [0.15, 0.2) is 17.6 Å². The summed E-state index contributed by atoms with van der Waals surface area (Å²) in [6.45, 7) is 1.73. The number of carbonyl (C=O) groups excluding carboxylic acids is 2. The molecule has 0 N–H and O–H groups in total. The fourth-order valence-electron chi connectivity index (χ4n) is 1.95. The maximum absolute atomic E-state index is 12.2. The highest BCUT2D eigenvalue weighted by molar-refractivity contribution is 6.32. The van der Waals surface area contributed by atoms with Crippen molar-refractivity contribution in [1.82, 2.24) is 4.90 Å². The second kappa shape index (κ2) is 8.99. The summed E-state index contributed by atoms with van der Waals surface area (Å²) in [5.41, 5.74) is 0.136. The number of amides is 1. The number of nitrogens with zero attached hydrogens (tertiary/aromatic N) is 2. The summed E-state index contributed by atoms with van der Waals surface area (Å²) in [5.74, 6) is -0.532. The van der Waals surface area contributed by atoms with Gasteiger partial charge in [0, 0.05) is 13.6 Å². The Kier molecular flexibility index (Phi) is 7.33. The van der Waals surface area contributed by atoms with E-state index in [0.717, 1.165) is 0 Å². The fraction of sp³-hybridized carbons (Fsp3) is 0.438. The number of hydrogen-bond donors (Lipinski definition) is 0. The van der Waals surface area contributed by atoms with Crippen LogP contribution in [0.3, 0.4) is 0 Å². The molecule has 0 aliphatic carbocycles. The fourth-order valence-corrected chi connectivity index (χ4v) is 2.24. The molecule has 1 rings (SSSR count). The first-order valence-corrected chi connectivity index (χ1v) is 7.47. The molecular weight excluding hydrogens is 336 g/mol. The van der Waals surface area contributed by atoms with Crippen LogP contribution in [0, 0.1) is 11.3 Å². The van der Waals surface area contributed by atoms with Crippen molar-refractivity contribution >= 4 is 23.5 Å². The zero-order valence-electron chi connectivity index (χ0n) is 14.0. The van der Waals surface area contributed by atoms with Gasteiger partial charge in [0.1, 0.15) is 0 Å². The minimum atomic E-state index is -0.993. The molecule has 0 radical (unpaired) electrons. The van der Waals surface area contributed by atoms with Crippen molar-refractivity contribution in [3.8, 4) is 17.6 Å². The summed E-state index contributed by atoms with van der Waals surface area (Å²) in [6, 6.07) is 4.74. The number of hydrogen-bond acceptors (Lipinski definition) is 6. The average Bonchev–Trinajstić information content (AvgIpc) is 2.57. The number of benzene rings is 1. The summed E-state index contributed by atoms with van der Waals surface area (Å²) in [4.78, 5) is 25.6. The third-order valence-corrected chi connectivity index (χ3v) is 3.52. The van der Waals surface area contributed by atoms with Gasteiger partial charge < -0.3 is 19.1 Å². The SMILES string of the molecule is COc1cc(C(=O)O[C@@H](C)C(=O)N(C)CCC#N)cc(Cl)c1OC. The Morgan fingerprint density at radius 3 is 2.54 bits per heavy atom. The van der Waals surface area contributed by atoms with Crippen LogP contribution >= 0.6 is 11.6 Å². The van der Waals surface area contributed by atoms with Crippen molar-refractivity contribution in [3.05, 3.63) is 22.7 Å². The molecular formula is C16H19ClN2O5. The minimum absolute atomic E-state index is 0.136. The predicted molar refractivity (Wildman–Crippen MR) is 87.3 cm³/mol. The Labute approximate surface area is 145 Å². The number of halogens is 1. The molecule has 0 spiro atoms. The lowest BCUT2D eigenvalue weighted by Gasteiger charge is -2.20. The molecule has 0 aliphatic rings. The summed E-state index contributed by atoms with van der Waals surface area (Å²) in [5, 5.41) is 8.73. The lowest BCUT2D eigenvalue weighted by molar-refractivity contribution is -0.138. The Hall–Kier alpha value is -2.46. The molecule has 0 saturated carbocycles. The van der Waals surface area contributed by atoms with Crippen LogP contribution in [0.15, 0.2) is 12.1 Å². The molecule has 0 fully saturated rings. The van der Waals surface area contributed by atoms with Gasteiger partial charge in [-0.2, -0.15) is 5.26 Å². The normalized spacial score (nSPS) is 11.2. The standard InChI is InChI=1S/C16H19ClN2O5/c1-10(15(20)19(2)7-5-6-18)24-16(21)11-8-12(17)14(23-4)13(9-11)22-3/h8-10H,5,7H2,1-4H3/t10-/m0/s1. The van der Waals surface area contributed by atoms with Crippen molar-refractivity contribution in [2.75, 3.05) is 27.8 Å². The van der Waals surface area contributed by atoms with Gasteiger partial charge >= 0.3 is 5.97 Å². The molecule has 0 aliphatic heterocycles. The van der Waals surface area contributed by atoms with E-state index in [2.05, 4.69) is 0 Å². The predicted octanol–water partition coefficient (Wildman–Crippen LogP) is 2.27. The highest BCUT2D eigenvalue weighted by Gasteiger charge is 2.23. The lowest BCUT2D eigenvalue weighted by atomic mass is 10.2. The summed E-state index contributed by atoms with van der Waals surface area (Å²) in [6.07, 6.45) is -0.790. The smallest absolute Gasteiger partial charge is 0.339 e. The van der Waals surface area contributed by atoms with Crippen LogP contribution in [0.1, 0.15) is 23.7 Å². The molecule has 1 atom stereocenters. The molecule has 130 valence electrons. The Bertz CT molecular complexity index is 657. The zero-order valence-corrected chi connectivity index (χ0v) is 14.7. The highest BCUT2D eigenvalue weighted by Crippen LogP contribution is 2.36. The number of carbonyl (C=O) groups is 2. The van der Waals surface area contributed by atoms with Gasteiger partial charge in [0.2, 0.25) is 0 Å². The topological polar surface area (TPSA) is 88.9 Å². The van der Waals surface area contributed by atoms with Crippen molar-refractivity contribution in [1.29, 1.82) is 5.26 Å². The third kappa shape index (κ3) is 4.77. The first-order chi connectivity index (χ1) is 11.3. The number of likely N-dealkylation sites (N-methyl/N-ethyl adjacent to an activating group) is 1. The van der Waals surface area contributed by atoms with Crippen molar-refractivity contribution in [2.24, 2.45) is 0 Å². The summed E-state index contributed by atoms with van der Waals surface area (Å²) >= 11 is 6.05. The van der Waals surface area contributed by atoms with E-state index in [-0.39, 0.29) is 29.3 Å². The van der Waals surface area contributed by atoms with Crippen molar-refractivity contribution in [2.45, 2.75) is 19.4 Å². The van der Waals surface area contributed by atoms with E-state index in [1.165, 1.54) is 45.2 Å². The van der Waals surface area contributed by atoms with Gasteiger partial charge in [-0.3, -0.25) is 4.79 Å². The Morgan fingerprint density at radius 2 is 2.00 bits per heavy atom. The maximum Gasteiger partial charge on any atom is 0.339 e. The number of rotatable bonds is 7. The molecule has 0 heterocycles. The Balaban J connectivity index is 2.86. The second-order valence-electron chi connectivity index (χ2n) is 4.91. The van der Waals surface area contributed by atoms with E-state index in [0.29, 0.717) is 5.75 Å². The van der Waals surface area contributed by atoms with Gasteiger partial charge in [-0.15, -0.1) is 0 Å². The van der Waals surface area contributed by atoms with Crippen LogP contribution in [-0.2, 0) is 9.53 Å². The molecule has 0 bridgehead atoms. The monoisotopic (exact) mass is 354 g/mol. The molecule has 1 amide bonds. The van der Waals surface area contributed by atoms with Crippen LogP contribution in [0.2, 0.25) is 5.02 Å². The largest absolute Gasteiger partial charge is 0.493 e. The van der Waals surface area contributed by atoms with E-state index in [1.54, 1.807) is 0 Å². The second-order valence-corrected chi connectivity index (χ2v) is 5.32. The van der Waals surface area contributed by atoms with E-state index < -0.39 is 18.0 Å². The van der Waals surface area contributed by atoms with Crippen LogP contribution in [0.25, 0.3) is 0 Å². The summed E-state index contributed by atoms with van der Waals surface area (Å²) in [7, 11) is 4.39. The third-order valence-electron chi connectivity index (χ3n) is 3.24. The van der Waals surface area contributed by atoms with Gasteiger partial charge in [0.05, 0.1) is 37.3 Å². The van der Waals surface area contributed by atoms with Crippen LogP contribution in [-0.4, -0.2) is 50.7 Å². The van der Waals surface area contributed by atoms with E-state index in [1.807, 2.05) is 6.07 Å². The van der Waals surface area contributed by atoms with Gasteiger partial charge in [-0.1, -0.05) is 11.6 Å². The molecule has 7 nitrogen and oxygen atoms in total. The molecule has 1 aromatic rings. The number of nitriles is 1. The quantitative estimate of drug-likeness (QED) is 0.698. The number of ether oxygens (including phenoxy) is 3. The van der Waals surface area contributed by atoms with E-state index >= 15 is 0 Å². The molecule has 0 aromatic heterocycles. The van der Waals surface area contributed by atoms with Crippen LogP contribution in [0.5, 0.6) is 11.5 Å². The molecule has 24 heavy (non-hydrogen) atoms. The summed E-state index contributed by atoms with van der Waals surface area (Å²) < 4.78 is 15.4. The average molecular weight is 355 g/mol. The maximum atomic E-state index is 12.2. The van der Waals surface area contributed by atoms with Crippen LogP contribution in [0.4, 0.5) is 0 Å². The molecule has 1 aromatic carbocycles. The van der Waals surface area contributed by atoms with Gasteiger partial charge in [-0.05, 0) is 19.1 Å². The first-order valence-electron chi connectivity index (χ1n) is 7.10. The number of methoxy groups -OCH3 is 2. The first kappa shape index (κ1) is 19.6. The number of esters is 1. The van der Waals surface area contributed by atoms with Gasteiger partial charge in [-0.25, -0.2) is 4.79 Å². The van der Waals surface area contributed by atoms with Crippen molar-refractivity contribution < 1.29 is 23.8 Å². The molecule has 8 heteroatoms.